The summed E-state index contributed by atoms with van der Waals surface area (Å²) >= 11 is 0. The third-order valence-electron chi connectivity index (χ3n) is 21.5. The van der Waals surface area contributed by atoms with Crippen LogP contribution in [-0.4, -0.2) is 65.8 Å². The van der Waals surface area contributed by atoms with E-state index in [1.807, 2.05) is 0 Å². The fourth-order valence-electron chi connectivity index (χ4n) is 19.1. The number of benzene rings is 12. The Labute approximate surface area is 481 Å². The smallest absolute Gasteiger partial charge is 0.469 e. The molecule has 1 saturated carbocycles. The first-order valence-corrected chi connectivity index (χ1v) is 31.2. The fraction of sp³-hybridized carbons (Fsp3) is 0.296. The fourth-order valence-corrected chi connectivity index (χ4v) is 20.9. The van der Waals surface area contributed by atoms with Crippen molar-refractivity contribution in [1.29, 1.82) is 1.43 Å². The van der Waals surface area contributed by atoms with E-state index in [-0.39, 0.29) is 29.3 Å². The lowest BCUT2D eigenvalue weighted by atomic mass is 9.76. The van der Waals surface area contributed by atoms with Crippen LogP contribution in [0.5, 0.6) is 0 Å². The van der Waals surface area contributed by atoms with Gasteiger partial charge < -0.3 is 31.8 Å². The van der Waals surface area contributed by atoms with Crippen molar-refractivity contribution >= 4 is 156 Å². The maximum absolute atomic E-state index is 12.8. The Hall–Kier alpha value is -7.14. The minimum atomic E-state index is -6.00. The molecule has 5 atom stereocenters. The highest BCUT2D eigenvalue weighted by Gasteiger charge is 2.80. The van der Waals surface area contributed by atoms with Crippen molar-refractivity contribution in [3.05, 3.63) is 152 Å². The highest BCUT2D eigenvalue weighted by atomic mass is 32.2. The van der Waals surface area contributed by atoms with Gasteiger partial charge in [0, 0.05) is 41.7 Å². The van der Waals surface area contributed by atoms with E-state index in [0.717, 1.165) is 51.4 Å². The molecule has 0 amide bonds. The Morgan fingerprint density at radius 3 is 1.57 bits per heavy atom. The molecular weight excluding hydrogens is 1060 g/mol. The van der Waals surface area contributed by atoms with Gasteiger partial charge in [0.1, 0.15) is 18.3 Å². The zero-order chi connectivity index (χ0) is 57.5. The van der Waals surface area contributed by atoms with E-state index >= 15 is 0 Å². The molecule has 0 saturated heterocycles. The second-order valence-corrected chi connectivity index (χ2v) is 27.8. The third kappa shape index (κ3) is 5.98. The minimum absolute atomic E-state index is 0.0139. The van der Waals surface area contributed by atoms with Crippen LogP contribution < -0.4 is 0 Å². The lowest BCUT2D eigenvalue weighted by Gasteiger charge is -2.26. The average Bonchev–Trinajstić information content (AvgIpc) is 1.42. The summed E-state index contributed by atoms with van der Waals surface area (Å²) < 4.78 is 54.8. The summed E-state index contributed by atoms with van der Waals surface area (Å²) in [5.41, 5.74) is 17.0. The lowest BCUT2D eigenvalue weighted by Crippen LogP contribution is -2.23. The molecule has 0 bridgehead atoms. The molecule has 0 heterocycles. The summed E-state index contributed by atoms with van der Waals surface area (Å²) in [5, 5.41) is 39.8. The van der Waals surface area contributed by atoms with E-state index in [9.17, 15) is 26.9 Å². The number of methoxy groups -OCH3 is 2. The monoisotopic (exact) mass is 1120 g/mol. The van der Waals surface area contributed by atoms with Gasteiger partial charge in [-0.2, -0.15) is 0 Å². The van der Waals surface area contributed by atoms with Gasteiger partial charge in [0.15, 0.2) is 0 Å². The Balaban J connectivity index is 0.000000168. The molecule has 1 fully saturated rings. The summed E-state index contributed by atoms with van der Waals surface area (Å²) in [4.78, 5) is 24.0. The number of fused-ring (bicyclic) bond motifs is 1. The van der Waals surface area contributed by atoms with Gasteiger partial charge in [-0.3, -0.25) is 9.59 Å². The average molecular weight is 1120 g/mol. The Morgan fingerprint density at radius 2 is 1.05 bits per heavy atom. The zero-order valence-corrected chi connectivity index (χ0v) is 47.6. The number of esters is 2. The number of halogens is 4. The van der Waals surface area contributed by atoms with Crippen molar-refractivity contribution in [3.63, 3.8) is 0 Å². The normalized spacial score (nSPS) is 20.1. The molecule has 2 radical (unpaired) electrons. The van der Waals surface area contributed by atoms with Gasteiger partial charge >= 0.3 is 19.2 Å². The molecule has 0 aliphatic heterocycles. The predicted molar refractivity (Wildman–Crippen MR) is 334 cm³/mol. The van der Waals surface area contributed by atoms with Crippen molar-refractivity contribution in [2.45, 2.75) is 105 Å². The number of hydrogen-bond acceptors (Lipinski definition) is 5. The summed E-state index contributed by atoms with van der Waals surface area (Å²) in [6.45, 7) is 4.54. The van der Waals surface area contributed by atoms with Gasteiger partial charge in [-0.05, 0) is 250 Å². The van der Waals surface area contributed by atoms with Crippen LogP contribution in [0.1, 0.15) is 125 Å². The first kappa shape index (κ1) is 49.3. The standard InChI is InChI=1S/C54H28O2.C16H25O2S.CH3BO.BF4/c1-56-29(55)8-5-9-53(27-6-3-2-4-7-27)52-28-17-25-15-22-11-19-10-20-12-23-13-21-14-24-16-26-18-54(52,53)51-37(26)42-34(24)32(21)41-36(23)40-31(20)30(19)39-33(22)35(25)43-38(28)50(51)49-47(42)46(41)45(40)44(39)48(43)49;1-13(2)19(4)15(11-8-12-16(17)18-3)14-9-6-5-7-10-14;2-1-3;2-1(3,4)5/h2-4,6-7,11-13,16-17,52H,5,8-10,14-15,18H2,1H3;5-7,9-10,13,15H,8,11-12H2,1-4H3;3H,1H2;/q;+1;;-1/i;;3D;. The number of rotatable bonds is 13. The molecule has 6 aliphatic rings. The van der Waals surface area contributed by atoms with E-state index in [1.54, 1.807) is 170 Å². The maximum Gasteiger partial charge on any atom is 0.673 e. The number of aliphatic hydroxyl groups excluding tert-OH is 1. The van der Waals surface area contributed by atoms with E-state index < -0.39 is 7.25 Å². The number of ether oxygens (including phenoxy) is 2. The molecule has 6 aliphatic carbocycles. The topological polar surface area (TPSA) is 72.8 Å². The Kier molecular flexibility index (Phi) is 9.99. The summed E-state index contributed by atoms with van der Waals surface area (Å²) in [6.07, 6.45) is 11.3. The number of aliphatic hydroxyl groups is 1. The van der Waals surface area contributed by atoms with Crippen LogP contribution in [0.15, 0.2) is 91.0 Å². The van der Waals surface area contributed by atoms with Crippen LogP contribution in [0.2, 0.25) is 0 Å². The number of hydrogen-bond donors (Lipinski definition) is 1. The Bertz CT molecular complexity index is 5080. The zero-order valence-electron chi connectivity index (χ0n) is 47.8. The van der Waals surface area contributed by atoms with Crippen molar-refractivity contribution < 1.29 is 41.4 Å². The van der Waals surface area contributed by atoms with Crippen molar-refractivity contribution in [1.82, 2.24) is 0 Å². The van der Waals surface area contributed by atoms with Gasteiger partial charge in [-0.15, -0.1) is 0 Å². The summed E-state index contributed by atoms with van der Waals surface area (Å²) in [6, 6.07) is 35.6. The molecule has 83 heavy (non-hydrogen) atoms. The highest BCUT2D eigenvalue weighted by Crippen LogP contribution is 2.85. The van der Waals surface area contributed by atoms with Gasteiger partial charge in [0.2, 0.25) is 1.43 Å². The van der Waals surface area contributed by atoms with E-state index in [4.69, 9.17) is 10.9 Å². The SMILES string of the molecule is COC(=O)CCCC(c1ccccc1)[S+](C)C(C)C.COC(=O)CCCC1(c2ccccc2)C2c3cc4c5c6c(cc7c8c9c(cc%10cc%11c%12c%13c(cc%14c%15c(c%16c3c5c3c%16c(c%15%13)c5c%12c%10c9c5c3c68)C21C%14)C%11)C7)C4.F[B-](F)(F)F.[2H]OC[B]. The molecular formula is C71H56B2F4O5S. The quantitative estimate of drug-likeness (QED) is 0.0311. The van der Waals surface area contributed by atoms with Gasteiger partial charge in [-0.1, -0.05) is 91.0 Å². The molecule has 1 N–H and O–H groups in total. The van der Waals surface area contributed by atoms with Gasteiger partial charge in [0.05, 0.1) is 20.5 Å². The lowest BCUT2D eigenvalue weighted by molar-refractivity contribution is -0.141. The first-order valence-electron chi connectivity index (χ1n) is 29.8. The molecule has 5 nitrogen and oxygen atoms in total. The van der Waals surface area contributed by atoms with Crippen LogP contribution >= 0.6 is 0 Å². The second kappa shape index (κ2) is 16.8. The molecule has 5 unspecified atom stereocenters. The van der Waals surface area contributed by atoms with E-state index in [0.29, 0.717) is 40.2 Å². The van der Waals surface area contributed by atoms with E-state index in [2.05, 4.69) is 124 Å². The first-order chi connectivity index (χ1) is 40.6. The molecule has 14 aromatic carbocycles. The van der Waals surface area contributed by atoms with Gasteiger partial charge in [-0.25, -0.2) is 0 Å². The molecule has 20 rings (SSSR count). The number of carbonyl (C=O) groups excluding carboxylic acids is 2. The molecule has 12 heteroatoms. The third-order valence-corrected chi connectivity index (χ3v) is 24.4. The summed E-state index contributed by atoms with van der Waals surface area (Å²) in [7, 11) is 1.94. The van der Waals surface area contributed by atoms with E-state index in [1.165, 1.54) is 23.6 Å². The molecule has 14 aromatic rings. The number of carbonyl (C=O) groups is 2. The minimum Gasteiger partial charge on any atom is -0.469 e. The molecule has 1 spiro atoms. The second-order valence-electron chi connectivity index (χ2n) is 25.1. The van der Waals surface area contributed by atoms with Crippen LogP contribution in [0.25, 0.3) is 118 Å². The van der Waals surface area contributed by atoms with Crippen LogP contribution in [0.3, 0.4) is 0 Å². The maximum atomic E-state index is 12.8. The van der Waals surface area contributed by atoms with Crippen molar-refractivity contribution in [3.8, 4) is 0 Å². The Morgan fingerprint density at radius 1 is 0.614 bits per heavy atom. The largest absolute Gasteiger partial charge is 0.673 e. The van der Waals surface area contributed by atoms with Crippen molar-refractivity contribution in [2.75, 3.05) is 27.0 Å². The van der Waals surface area contributed by atoms with Gasteiger partial charge in [0.25, 0.3) is 0 Å². The summed E-state index contributed by atoms with van der Waals surface area (Å²) in [5.74, 6) is 0.176. The molecule has 410 valence electrons. The predicted octanol–water partition coefficient (Wildman–Crippen LogP) is 16.5. The van der Waals surface area contributed by atoms with Crippen LogP contribution in [-0.2, 0) is 66.5 Å². The van der Waals surface area contributed by atoms with Crippen molar-refractivity contribution in [2.24, 2.45) is 0 Å². The van der Waals surface area contributed by atoms with Crippen LogP contribution in [0.4, 0.5) is 17.3 Å². The highest BCUT2D eigenvalue weighted by molar-refractivity contribution is 7.97. The van der Waals surface area contributed by atoms with Crippen LogP contribution in [0, 0.1) is 0 Å². The molecule has 0 aromatic heterocycles.